The van der Waals surface area contributed by atoms with Gasteiger partial charge in [-0.2, -0.15) is 5.01 Å². The quantitative estimate of drug-likeness (QED) is 0.839. The van der Waals surface area contributed by atoms with Crippen LogP contribution in [0, 0.1) is 5.82 Å². The van der Waals surface area contributed by atoms with Gasteiger partial charge in [-0.15, -0.1) is 11.3 Å². The zero-order valence-electron chi connectivity index (χ0n) is 14.3. The van der Waals surface area contributed by atoms with Gasteiger partial charge >= 0.3 is 0 Å². The average molecular weight is 376 g/mol. The normalized spacial score (nSPS) is 20.6. The van der Waals surface area contributed by atoms with Gasteiger partial charge in [-0.25, -0.2) is 4.39 Å². The van der Waals surface area contributed by atoms with Crippen LogP contribution in [0.5, 0.6) is 0 Å². The number of hydrogen-bond donors (Lipinski definition) is 2. The number of fused-ring (bicyclic) bond motifs is 1. The van der Waals surface area contributed by atoms with Crippen molar-refractivity contribution < 1.29 is 13.9 Å². The molecule has 1 aromatic carbocycles. The van der Waals surface area contributed by atoms with Crippen LogP contribution in [-0.4, -0.2) is 55.2 Å². The Kier molecular flexibility index (Phi) is 5.16. The highest BCUT2D eigenvalue weighted by Crippen LogP contribution is 2.37. The maximum absolute atomic E-state index is 13.9. The lowest BCUT2D eigenvalue weighted by Crippen LogP contribution is -2.45. The van der Waals surface area contributed by atoms with Gasteiger partial charge in [0, 0.05) is 31.7 Å². The molecule has 1 unspecified atom stereocenters. The van der Waals surface area contributed by atoms with Gasteiger partial charge in [0.15, 0.2) is 0 Å². The number of nitrogens with zero attached hydrogens (tertiary/aromatic N) is 2. The number of ether oxygens (including phenoxy) is 1. The molecule has 0 saturated carbocycles. The molecule has 3 heterocycles. The van der Waals surface area contributed by atoms with Crippen LogP contribution in [0.1, 0.15) is 22.1 Å². The van der Waals surface area contributed by atoms with Crippen molar-refractivity contribution in [3.63, 3.8) is 0 Å². The summed E-state index contributed by atoms with van der Waals surface area (Å²) in [6.45, 7) is 4.97. The number of hydrazine groups is 1. The lowest BCUT2D eigenvalue weighted by atomic mass is 10.2. The van der Waals surface area contributed by atoms with Gasteiger partial charge < -0.3 is 15.5 Å². The summed E-state index contributed by atoms with van der Waals surface area (Å²) in [4.78, 5) is 14.9. The lowest BCUT2D eigenvalue weighted by molar-refractivity contribution is 0.0321. The Morgan fingerprint density at radius 2 is 2.08 bits per heavy atom. The summed E-state index contributed by atoms with van der Waals surface area (Å²) in [5, 5.41) is 7.98. The molecule has 138 valence electrons. The van der Waals surface area contributed by atoms with Crippen LogP contribution >= 0.6 is 11.3 Å². The number of hydrogen-bond acceptors (Lipinski definition) is 6. The van der Waals surface area contributed by atoms with Crippen LogP contribution < -0.4 is 10.7 Å². The van der Waals surface area contributed by atoms with E-state index in [2.05, 4.69) is 15.6 Å². The Morgan fingerprint density at radius 3 is 2.88 bits per heavy atom. The van der Waals surface area contributed by atoms with E-state index in [4.69, 9.17) is 4.74 Å². The molecule has 2 aliphatic rings. The molecule has 6 nitrogen and oxygen atoms in total. The van der Waals surface area contributed by atoms with Crippen molar-refractivity contribution in [3.05, 3.63) is 52.7 Å². The van der Waals surface area contributed by atoms with Gasteiger partial charge in [-0.3, -0.25) is 9.69 Å². The predicted molar refractivity (Wildman–Crippen MR) is 98.5 cm³/mol. The first-order chi connectivity index (χ1) is 12.7. The molecule has 8 heteroatoms. The summed E-state index contributed by atoms with van der Waals surface area (Å²) in [6.07, 6.45) is -0.315. The Balaban J connectivity index is 1.45. The van der Waals surface area contributed by atoms with E-state index in [-0.39, 0.29) is 11.7 Å². The number of carbonyl (C=O) groups excluding carboxylic acids is 1. The third kappa shape index (κ3) is 3.59. The van der Waals surface area contributed by atoms with Crippen LogP contribution in [0.3, 0.4) is 0 Å². The van der Waals surface area contributed by atoms with Crippen molar-refractivity contribution in [3.8, 4) is 0 Å². The number of nitrogens with one attached hydrogen (secondary N) is 2. The lowest BCUT2D eigenvalue weighted by Gasteiger charge is -2.31. The van der Waals surface area contributed by atoms with E-state index in [9.17, 15) is 9.18 Å². The average Bonchev–Trinajstić information content (AvgIpc) is 3.24. The van der Waals surface area contributed by atoms with Gasteiger partial charge in [0.05, 0.1) is 18.8 Å². The summed E-state index contributed by atoms with van der Waals surface area (Å²) in [5.74, 6) is -0.924. The SMILES string of the molecule is O=C(NC1c2ccsc2NN1CCN1CCOCC1)c1ccccc1F. The third-order valence-electron chi connectivity index (χ3n) is 4.69. The molecule has 0 spiro atoms. The summed E-state index contributed by atoms with van der Waals surface area (Å²) < 4.78 is 19.3. The number of benzene rings is 1. The fraction of sp³-hybridized carbons (Fsp3) is 0.389. The molecule has 1 atom stereocenters. The predicted octanol–water partition coefficient (Wildman–Crippen LogP) is 2.29. The number of rotatable bonds is 5. The number of carbonyl (C=O) groups is 1. The highest BCUT2D eigenvalue weighted by atomic mass is 32.1. The van der Waals surface area contributed by atoms with Crippen molar-refractivity contribution in [2.75, 3.05) is 44.8 Å². The Bertz CT molecular complexity index is 778. The van der Waals surface area contributed by atoms with Crippen molar-refractivity contribution in [1.29, 1.82) is 0 Å². The Morgan fingerprint density at radius 1 is 1.27 bits per heavy atom. The van der Waals surface area contributed by atoms with E-state index < -0.39 is 11.7 Å². The number of anilines is 1. The second-order valence-corrected chi connectivity index (χ2v) is 7.24. The minimum Gasteiger partial charge on any atom is -0.379 e. The number of amides is 1. The van der Waals surface area contributed by atoms with Crippen LogP contribution in [-0.2, 0) is 4.74 Å². The van der Waals surface area contributed by atoms with Crippen molar-refractivity contribution in [2.24, 2.45) is 0 Å². The van der Waals surface area contributed by atoms with Gasteiger partial charge in [0.25, 0.3) is 5.91 Å². The fourth-order valence-electron chi connectivity index (χ4n) is 3.25. The highest BCUT2D eigenvalue weighted by molar-refractivity contribution is 7.14. The van der Waals surface area contributed by atoms with Crippen LogP contribution in [0.15, 0.2) is 35.7 Å². The molecule has 4 rings (SSSR count). The van der Waals surface area contributed by atoms with E-state index in [0.717, 1.165) is 50.0 Å². The summed E-state index contributed by atoms with van der Waals surface area (Å²) in [5.41, 5.74) is 4.44. The molecular weight excluding hydrogens is 355 g/mol. The maximum atomic E-state index is 13.9. The highest BCUT2D eigenvalue weighted by Gasteiger charge is 2.33. The Hall–Kier alpha value is -2.00. The molecule has 2 N–H and O–H groups in total. The molecule has 2 aromatic rings. The van der Waals surface area contributed by atoms with E-state index in [1.54, 1.807) is 23.5 Å². The van der Waals surface area contributed by atoms with Crippen LogP contribution in [0.25, 0.3) is 0 Å². The molecule has 26 heavy (non-hydrogen) atoms. The summed E-state index contributed by atoms with van der Waals surface area (Å²) in [6, 6.07) is 8.04. The van der Waals surface area contributed by atoms with Crippen LogP contribution in [0.2, 0.25) is 0 Å². The standard InChI is InChI=1S/C18H21FN4O2S/c19-15-4-2-1-3-13(15)17(24)20-16-14-5-12-26-18(14)21-23(16)7-6-22-8-10-25-11-9-22/h1-5,12,16,21H,6-11H2,(H,20,24). The van der Waals surface area contributed by atoms with Gasteiger partial charge in [-0.1, -0.05) is 12.1 Å². The molecule has 0 radical (unpaired) electrons. The van der Waals surface area contributed by atoms with E-state index in [1.807, 2.05) is 16.5 Å². The molecule has 0 bridgehead atoms. The van der Waals surface area contributed by atoms with E-state index >= 15 is 0 Å². The third-order valence-corrected chi connectivity index (χ3v) is 5.53. The minimum atomic E-state index is -0.513. The first-order valence-electron chi connectivity index (χ1n) is 8.68. The molecule has 1 aromatic heterocycles. The number of morpholine rings is 1. The van der Waals surface area contributed by atoms with Crippen LogP contribution in [0.4, 0.5) is 9.39 Å². The van der Waals surface area contributed by atoms with Gasteiger partial charge in [0.1, 0.15) is 17.0 Å². The number of halogens is 1. The number of thiophene rings is 1. The molecule has 1 fully saturated rings. The van der Waals surface area contributed by atoms with Gasteiger partial charge in [0.2, 0.25) is 0 Å². The molecule has 1 amide bonds. The summed E-state index contributed by atoms with van der Waals surface area (Å²) >= 11 is 1.60. The Labute approximate surface area is 155 Å². The second kappa shape index (κ2) is 7.71. The minimum absolute atomic E-state index is 0.0595. The first kappa shape index (κ1) is 17.4. The topological polar surface area (TPSA) is 56.8 Å². The zero-order chi connectivity index (χ0) is 17.9. The zero-order valence-corrected chi connectivity index (χ0v) is 15.1. The van der Waals surface area contributed by atoms with E-state index in [1.165, 1.54) is 12.1 Å². The summed E-state index contributed by atoms with van der Waals surface area (Å²) in [7, 11) is 0. The smallest absolute Gasteiger partial charge is 0.255 e. The largest absolute Gasteiger partial charge is 0.379 e. The molecular formula is C18H21FN4O2S. The second-order valence-electron chi connectivity index (χ2n) is 6.32. The monoisotopic (exact) mass is 376 g/mol. The first-order valence-corrected chi connectivity index (χ1v) is 9.56. The van der Waals surface area contributed by atoms with Gasteiger partial charge in [-0.05, 0) is 23.6 Å². The fourth-order valence-corrected chi connectivity index (χ4v) is 4.09. The van der Waals surface area contributed by atoms with Crippen molar-refractivity contribution >= 4 is 22.2 Å². The maximum Gasteiger partial charge on any atom is 0.255 e. The van der Waals surface area contributed by atoms with E-state index in [0.29, 0.717) is 0 Å². The molecule has 2 aliphatic heterocycles. The molecule has 0 aliphatic carbocycles. The van der Waals surface area contributed by atoms with Crippen molar-refractivity contribution in [1.82, 2.24) is 15.2 Å². The molecule has 1 saturated heterocycles. The van der Waals surface area contributed by atoms with Crippen molar-refractivity contribution in [2.45, 2.75) is 6.17 Å².